The van der Waals surface area contributed by atoms with E-state index < -0.39 is 0 Å². The van der Waals surface area contributed by atoms with E-state index in [-0.39, 0.29) is 12.1 Å². The first-order valence-electron chi connectivity index (χ1n) is 5.28. The Bertz CT molecular complexity index is 140. The molecule has 70 valence electrons. The van der Waals surface area contributed by atoms with Crippen LogP contribution in [0.15, 0.2) is 0 Å². The van der Waals surface area contributed by atoms with Crippen molar-refractivity contribution in [3.05, 3.63) is 0 Å². The Morgan fingerprint density at radius 3 is 1.58 bits per heavy atom. The molecule has 0 aliphatic heterocycles. The highest BCUT2D eigenvalue weighted by Crippen LogP contribution is 2.39. The first kappa shape index (κ1) is 8.52. The fourth-order valence-electron chi connectivity index (χ4n) is 2.95. The molecule has 0 heterocycles. The molecule has 2 aliphatic rings. The number of fused-ring (bicyclic) bond motifs is 1. The third-order valence-electron chi connectivity index (χ3n) is 3.77. The molecule has 2 fully saturated rings. The lowest BCUT2D eigenvalue weighted by atomic mass is 9.68. The SMILES string of the molecule is NC1CC2CCCCC2CC1N. The summed E-state index contributed by atoms with van der Waals surface area (Å²) < 4.78 is 0. The van der Waals surface area contributed by atoms with Gasteiger partial charge >= 0.3 is 0 Å². The van der Waals surface area contributed by atoms with Crippen LogP contribution in [0.3, 0.4) is 0 Å². The van der Waals surface area contributed by atoms with Crippen LogP contribution in [0.5, 0.6) is 0 Å². The van der Waals surface area contributed by atoms with Crippen LogP contribution in [0.2, 0.25) is 0 Å². The van der Waals surface area contributed by atoms with Gasteiger partial charge in [0.2, 0.25) is 0 Å². The van der Waals surface area contributed by atoms with Crippen molar-refractivity contribution < 1.29 is 0 Å². The average molecular weight is 168 g/mol. The van der Waals surface area contributed by atoms with E-state index in [1.807, 2.05) is 0 Å². The third-order valence-corrected chi connectivity index (χ3v) is 3.77. The second-order valence-electron chi connectivity index (χ2n) is 4.60. The maximum absolute atomic E-state index is 5.96. The van der Waals surface area contributed by atoms with Crippen molar-refractivity contribution in [1.82, 2.24) is 0 Å². The summed E-state index contributed by atoms with van der Waals surface area (Å²) >= 11 is 0. The van der Waals surface area contributed by atoms with Crippen molar-refractivity contribution in [2.45, 2.75) is 50.6 Å². The Balaban J connectivity index is 1.98. The van der Waals surface area contributed by atoms with Crippen LogP contribution in [0.4, 0.5) is 0 Å². The molecule has 2 aliphatic carbocycles. The molecule has 2 saturated carbocycles. The highest BCUT2D eigenvalue weighted by Gasteiger charge is 2.34. The Kier molecular flexibility index (Phi) is 2.37. The van der Waals surface area contributed by atoms with Gasteiger partial charge in [-0.1, -0.05) is 25.7 Å². The summed E-state index contributed by atoms with van der Waals surface area (Å²) in [4.78, 5) is 0. The molecule has 2 nitrogen and oxygen atoms in total. The maximum atomic E-state index is 5.96. The van der Waals surface area contributed by atoms with Crippen LogP contribution >= 0.6 is 0 Å². The fraction of sp³-hybridized carbons (Fsp3) is 1.00. The molecule has 0 radical (unpaired) electrons. The number of rotatable bonds is 0. The van der Waals surface area contributed by atoms with Gasteiger partial charge in [-0.25, -0.2) is 0 Å². The first-order valence-corrected chi connectivity index (χ1v) is 5.28. The molecule has 0 saturated heterocycles. The zero-order valence-electron chi connectivity index (χ0n) is 7.71. The minimum Gasteiger partial charge on any atom is -0.326 e. The maximum Gasteiger partial charge on any atom is 0.0195 e. The fourth-order valence-corrected chi connectivity index (χ4v) is 2.95. The van der Waals surface area contributed by atoms with Crippen molar-refractivity contribution in [2.24, 2.45) is 23.3 Å². The summed E-state index contributed by atoms with van der Waals surface area (Å²) in [6.45, 7) is 0. The number of hydrogen-bond donors (Lipinski definition) is 2. The van der Waals surface area contributed by atoms with Gasteiger partial charge in [-0.05, 0) is 24.7 Å². The van der Waals surface area contributed by atoms with Crippen LogP contribution in [-0.4, -0.2) is 12.1 Å². The van der Waals surface area contributed by atoms with E-state index in [1.165, 1.54) is 38.5 Å². The van der Waals surface area contributed by atoms with Gasteiger partial charge in [0.15, 0.2) is 0 Å². The number of nitrogens with two attached hydrogens (primary N) is 2. The molecule has 2 rings (SSSR count). The Labute approximate surface area is 74.7 Å². The highest BCUT2D eigenvalue weighted by atomic mass is 14.8. The normalized spacial score (nSPS) is 48.5. The summed E-state index contributed by atoms with van der Waals surface area (Å²) in [7, 11) is 0. The predicted molar refractivity (Wildman–Crippen MR) is 50.6 cm³/mol. The monoisotopic (exact) mass is 168 g/mol. The lowest BCUT2D eigenvalue weighted by Crippen LogP contribution is -2.49. The van der Waals surface area contributed by atoms with Crippen molar-refractivity contribution in [1.29, 1.82) is 0 Å². The average Bonchev–Trinajstić information content (AvgIpc) is 2.07. The zero-order valence-corrected chi connectivity index (χ0v) is 7.71. The number of hydrogen-bond acceptors (Lipinski definition) is 2. The van der Waals surface area contributed by atoms with Gasteiger partial charge in [0.25, 0.3) is 0 Å². The third kappa shape index (κ3) is 1.50. The van der Waals surface area contributed by atoms with Crippen LogP contribution in [-0.2, 0) is 0 Å². The predicted octanol–water partition coefficient (Wildman–Crippen LogP) is 1.24. The summed E-state index contributed by atoms with van der Waals surface area (Å²) in [5, 5.41) is 0. The molecular weight excluding hydrogens is 148 g/mol. The summed E-state index contributed by atoms with van der Waals surface area (Å²) in [6.07, 6.45) is 8.03. The van der Waals surface area contributed by atoms with Crippen LogP contribution in [0, 0.1) is 11.8 Å². The van der Waals surface area contributed by atoms with E-state index in [0.29, 0.717) is 0 Å². The highest BCUT2D eigenvalue weighted by molar-refractivity contribution is 4.91. The summed E-state index contributed by atoms with van der Waals surface area (Å²) in [6, 6.07) is 0.564. The van der Waals surface area contributed by atoms with Gasteiger partial charge in [-0.15, -0.1) is 0 Å². The smallest absolute Gasteiger partial charge is 0.0195 e. The summed E-state index contributed by atoms with van der Waals surface area (Å²) in [5.74, 6) is 1.82. The quantitative estimate of drug-likeness (QED) is 0.572. The van der Waals surface area contributed by atoms with E-state index in [4.69, 9.17) is 11.5 Å². The zero-order chi connectivity index (χ0) is 8.55. The van der Waals surface area contributed by atoms with Gasteiger partial charge in [0.1, 0.15) is 0 Å². The second-order valence-corrected chi connectivity index (χ2v) is 4.60. The van der Waals surface area contributed by atoms with E-state index in [2.05, 4.69) is 0 Å². The van der Waals surface area contributed by atoms with Crippen molar-refractivity contribution in [3.63, 3.8) is 0 Å². The standard InChI is InChI=1S/C10H20N2/c11-9-5-7-3-1-2-4-8(7)6-10(9)12/h7-10H,1-6,11-12H2. The molecule has 0 spiro atoms. The van der Waals surface area contributed by atoms with Gasteiger partial charge in [-0.2, -0.15) is 0 Å². The van der Waals surface area contributed by atoms with Crippen LogP contribution < -0.4 is 11.5 Å². The molecule has 0 aromatic heterocycles. The van der Waals surface area contributed by atoms with E-state index >= 15 is 0 Å². The minimum absolute atomic E-state index is 0.282. The molecular formula is C10H20N2. The lowest BCUT2D eigenvalue weighted by Gasteiger charge is -2.41. The van der Waals surface area contributed by atoms with Crippen molar-refractivity contribution in [3.8, 4) is 0 Å². The molecule has 12 heavy (non-hydrogen) atoms. The lowest BCUT2D eigenvalue weighted by molar-refractivity contribution is 0.141. The second kappa shape index (κ2) is 3.35. The molecule has 4 N–H and O–H groups in total. The van der Waals surface area contributed by atoms with E-state index in [1.54, 1.807) is 0 Å². The van der Waals surface area contributed by atoms with Crippen LogP contribution in [0.25, 0.3) is 0 Å². The molecule has 0 aromatic rings. The van der Waals surface area contributed by atoms with Crippen LogP contribution in [0.1, 0.15) is 38.5 Å². The molecule has 4 unspecified atom stereocenters. The largest absolute Gasteiger partial charge is 0.326 e. The van der Waals surface area contributed by atoms with Crippen molar-refractivity contribution in [2.75, 3.05) is 0 Å². The molecule has 4 atom stereocenters. The van der Waals surface area contributed by atoms with Gasteiger partial charge in [-0.3, -0.25) is 0 Å². The minimum atomic E-state index is 0.282. The molecule has 0 aromatic carbocycles. The van der Waals surface area contributed by atoms with Gasteiger partial charge in [0.05, 0.1) is 0 Å². The van der Waals surface area contributed by atoms with Gasteiger partial charge < -0.3 is 11.5 Å². The molecule has 0 amide bonds. The van der Waals surface area contributed by atoms with E-state index in [0.717, 1.165) is 11.8 Å². The topological polar surface area (TPSA) is 52.0 Å². The Morgan fingerprint density at radius 2 is 1.17 bits per heavy atom. The molecule has 0 bridgehead atoms. The molecule has 2 heteroatoms. The first-order chi connectivity index (χ1) is 5.77. The summed E-state index contributed by atoms with van der Waals surface area (Å²) in [5.41, 5.74) is 11.9. The van der Waals surface area contributed by atoms with E-state index in [9.17, 15) is 0 Å². The van der Waals surface area contributed by atoms with Gasteiger partial charge in [0, 0.05) is 12.1 Å². The Hall–Kier alpha value is -0.0800. The van der Waals surface area contributed by atoms with Crippen molar-refractivity contribution >= 4 is 0 Å². The Morgan fingerprint density at radius 1 is 0.750 bits per heavy atom.